The molecule has 0 unspecified atom stereocenters. The van der Waals surface area contributed by atoms with E-state index in [1.54, 1.807) is 0 Å². The Morgan fingerprint density at radius 2 is 1.64 bits per heavy atom. The molecule has 0 bridgehead atoms. The van der Waals surface area contributed by atoms with Gasteiger partial charge in [0.15, 0.2) is 5.82 Å². The molecule has 1 aromatic carbocycles. The summed E-state index contributed by atoms with van der Waals surface area (Å²) >= 11 is 0. The molecule has 4 heteroatoms. The van der Waals surface area contributed by atoms with Gasteiger partial charge in [-0.15, -0.1) is 0 Å². The molecule has 1 heterocycles. The maximum absolute atomic E-state index is 5.76. The zero-order chi connectivity index (χ0) is 9.97. The fourth-order valence-electron chi connectivity index (χ4n) is 1.24. The first kappa shape index (κ1) is 8.50. The first-order valence-electron chi connectivity index (χ1n) is 4.20. The molecule has 4 nitrogen and oxygen atoms in total. The summed E-state index contributed by atoms with van der Waals surface area (Å²) in [5.74, 6) is 0.318. The molecule has 0 amide bonds. The quantitative estimate of drug-likeness (QED) is 0.703. The van der Waals surface area contributed by atoms with Gasteiger partial charge in [-0.3, -0.25) is 0 Å². The Balaban J connectivity index is 2.58. The minimum Gasteiger partial charge on any atom is -0.394 e. The van der Waals surface area contributed by atoms with Crippen LogP contribution in [-0.2, 0) is 0 Å². The monoisotopic (exact) mass is 186 g/mol. The Labute approximate surface area is 81.6 Å². The van der Waals surface area contributed by atoms with Crippen LogP contribution in [0.15, 0.2) is 36.7 Å². The summed E-state index contributed by atoms with van der Waals surface area (Å²) in [6.45, 7) is 0. The van der Waals surface area contributed by atoms with E-state index in [0.717, 1.165) is 5.56 Å². The fourth-order valence-corrected chi connectivity index (χ4v) is 1.24. The molecule has 0 saturated carbocycles. The lowest BCUT2D eigenvalue weighted by atomic mass is 10.1. The van der Waals surface area contributed by atoms with Crippen LogP contribution in [0.1, 0.15) is 0 Å². The summed E-state index contributed by atoms with van der Waals surface area (Å²) in [5, 5.41) is 0. The highest BCUT2D eigenvalue weighted by Gasteiger charge is 2.06. The smallest absolute Gasteiger partial charge is 0.150 e. The van der Waals surface area contributed by atoms with Crippen molar-refractivity contribution in [3.8, 4) is 11.3 Å². The highest BCUT2D eigenvalue weighted by atomic mass is 14.9. The summed E-state index contributed by atoms with van der Waals surface area (Å²) in [6.07, 6.45) is 1.41. The average Bonchev–Trinajstić information content (AvgIpc) is 2.23. The van der Waals surface area contributed by atoms with Gasteiger partial charge in [-0.1, -0.05) is 30.3 Å². The molecule has 0 radical (unpaired) electrons. The van der Waals surface area contributed by atoms with Crippen LogP contribution in [0.5, 0.6) is 0 Å². The zero-order valence-electron chi connectivity index (χ0n) is 7.51. The molecule has 70 valence electrons. The van der Waals surface area contributed by atoms with Crippen LogP contribution in [0.25, 0.3) is 11.3 Å². The van der Waals surface area contributed by atoms with Crippen molar-refractivity contribution in [1.29, 1.82) is 0 Å². The largest absolute Gasteiger partial charge is 0.394 e. The van der Waals surface area contributed by atoms with Crippen molar-refractivity contribution >= 4 is 11.5 Å². The number of nitrogen functional groups attached to an aromatic ring is 2. The molecule has 0 atom stereocenters. The number of aromatic nitrogens is 2. The standard InChI is InChI=1S/C10H10N4/c11-8-9(13-6-14-10(8)12)7-4-2-1-3-5-7/h1-6H,11H2,(H2,12,13,14). The number of nitrogens with zero attached hydrogens (tertiary/aromatic N) is 2. The molecule has 0 fully saturated rings. The Morgan fingerprint density at radius 3 is 2.36 bits per heavy atom. The first-order chi connectivity index (χ1) is 6.79. The Morgan fingerprint density at radius 1 is 0.929 bits per heavy atom. The number of nitrogens with two attached hydrogens (primary N) is 2. The van der Waals surface area contributed by atoms with Crippen LogP contribution < -0.4 is 11.5 Å². The molecule has 0 aliphatic carbocycles. The summed E-state index contributed by atoms with van der Waals surface area (Å²) in [5.41, 5.74) is 13.4. The summed E-state index contributed by atoms with van der Waals surface area (Å²) in [7, 11) is 0. The predicted molar refractivity (Wildman–Crippen MR) is 56.3 cm³/mol. The van der Waals surface area contributed by atoms with E-state index in [-0.39, 0.29) is 0 Å². The van der Waals surface area contributed by atoms with Crippen LogP contribution in [0, 0.1) is 0 Å². The van der Waals surface area contributed by atoms with Crippen LogP contribution in [0.2, 0.25) is 0 Å². The molecule has 14 heavy (non-hydrogen) atoms. The minimum atomic E-state index is 0.318. The topological polar surface area (TPSA) is 77.8 Å². The van der Waals surface area contributed by atoms with E-state index in [2.05, 4.69) is 9.97 Å². The van der Waals surface area contributed by atoms with Gasteiger partial charge < -0.3 is 11.5 Å². The van der Waals surface area contributed by atoms with Gasteiger partial charge in [-0.2, -0.15) is 0 Å². The second-order valence-electron chi connectivity index (χ2n) is 2.89. The van der Waals surface area contributed by atoms with E-state index in [0.29, 0.717) is 17.2 Å². The van der Waals surface area contributed by atoms with Crippen molar-refractivity contribution in [2.75, 3.05) is 11.5 Å². The Bertz CT molecular complexity index is 439. The van der Waals surface area contributed by atoms with Crippen molar-refractivity contribution in [2.45, 2.75) is 0 Å². The average molecular weight is 186 g/mol. The third-order valence-corrected chi connectivity index (χ3v) is 1.96. The van der Waals surface area contributed by atoms with E-state index >= 15 is 0 Å². The number of benzene rings is 1. The van der Waals surface area contributed by atoms with Gasteiger partial charge in [0.2, 0.25) is 0 Å². The van der Waals surface area contributed by atoms with Gasteiger partial charge in [-0.05, 0) is 0 Å². The zero-order valence-corrected chi connectivity index (χ0v) is 7.51. The minimum absolute atomic E-state index is 0.318. The lowest BCUT2D eigenvalue weighted by Gasteiger charge is -2.05. The molecule has 2 aromatic rings. The SMILES string of the molecule is Nc1ncnc(-c2ccccc2)c1N. The fraction of sp³-hybridized carbons (Fsp3) is 0. The van der Waals surface area contributed by atoms with Gasteiger partial charge in [0.05, 0.1) is 5.69 Å². The number of anilines is 2. The second-order valence-corrected chi connectivity index (χ2v) is 2.89. The molecule has 0 spiro atoms. The molecular formula is C10H10N4. The van der Waals surface area contributed by atoms with Crippen LogP contribution in [0.3, 0.4) is 0 Å². The molecule has 1 aromatic heterocycles. The van der Waals surface area contributed by atoms with Crippen LogP contribution in [-0.4, -0.2) is 9.97 Å². The first-order valence-corrected chi connectivity index (χ1v) is 4.20. The Hall–Kier alpha value is -2.10. The maximum Gasteiger partial charge on any atom is 0.150 e. The molecule has 0 aliphatic heterocycles. The third-order valence-electron chi connectivity index (χ3n) is 1.96. The van der Waals surface area contributed by atoms with E-state index < -0.39 is 0 Å². The predicted octanol–water partition coefficient (Wildman–Crippen LogP) is 1.31. The summed E-state index contributed by atoms with van der Waals surface area (Å²) in [4.78, 5) is 7.90. The van der Waals surface area contributed by atoms with E-state index in [1.165, 1.54) is 6.33 Å². The van der Waals surface area contributed by atoms with Crippen molar-refractivity contribution in [1.82, 2.24) is 9.97 Å². The number of rotatable bonds is 1. The van der Waals surface area contributed by atoms with Gasteiger partial charge in [0, 0.05) is 5.56 Å². The summed E-state index contributed by atoms with van der Waals surface area (Å²) < 4.78 is 0. The van der Waals surface area contributed by atoms with Crippen molar-refractivity contribution < 1.29 is 0 Å². The summed E-state index contributed by atoms with van der Waals surface area (Å²) in [6, 6.07) is 9.64. The van der Waals surface area contributed by atoms with E-state index in [4.69, 9.17) is 11.5 Å². The van der Waals surface area contributed by atoms with Gasteiger partial charge in [-0.25, -0.2) is 9.97 Å². The third kappa shape index (κ3) is 1.37. The Kier molecular flexibility index (Phi) is 2.02. The van der Waals surface area contributed by atoms with Crippen molar-refractivity contribution in [3.05, 3.63) is 36.7 Å². The van der Waals surface area contributed by atoms with E-state index in [1.807, 2.05) is 30.3 Å². The van der Waals surface area contributed by atoms with Gasteiger partial charge in [0.25, 0.3) is 0 Å². The maximum atomic E-state index is 5.76. The molecular weight excluding hydrogens is 176 g/mol. The van der Waals surface area contributed by atoms with Crippen molar-refractivity contribution in [3.63, 3.8) is 0 Å². The number of hydrogen-bond acceptors (Lipinski definition) is 4. The molecule has 0 aliphatic rings. The lowest BCUT2D eigenvalue weighted by molar-refractivity contribution is 1.18. The van der Waals surface area contributed by atoms with Crippen LogP contribution in [0.4, 0.5) is 11.5 Å². The van der Waals surface area contributed by atoms with Gasteiger partial charge in [0.1, 0.15) is 12.0 Å². The molecule has 2 rings (SSSR count). The normalized spacial score (nSPS) is 10.0. The second kappa shape index (κ2) is 3.33. The van der Waals surface area contributed by atoms with E-state index in [9.17, 15) is 0 Å². The van der Waals surface area contributed by atoms with Crippen molar-refractivity contribution in [2.24, 2.45) is 0 Å². The highest BCUT2D eigenvalue weighted by molar-refractivity contribution is 5.78. The highest BCUT2D eigenvalue weighted by Crippen LogP contribution is 2.25. The molecule has 4 N–H and O–H groups in total. The lowest BCUT2D eigenvalue weighted by Crippen LogP contribution is -2.01. The number of hydrogen-bond donors (Lipinski definition) is 2. The van der Waals surface area contributed by atoms with Gasteiger partial charge >= 0.3 is 0 Å². The van der Waals surface area contributed by atoms with Crippen LogP contribution >= 0.6 is 0 Å². The molecule has 0 saturated heterocycles.